The summed E-state index contributed by atoms with van der Waals surface area (Å²) in [5.41, 5.74) is -0.999. The van der Waals surface area contributed by atoms with Gasteiger partial charge in [-0.05, 0) is 34.6 Å². The summed E-state index contributed by atoms with van der Waals surface area (Å²) >= 11 is 1.34. The minimum absolute atomic E-state index is 0.331. The molecule has 1 fully saturated rings. The second kappa shape index (κ2) is 5.38. The predicted molar refractivity (Wildman–Crippen MR) is 78.3 cm³/mol. The molecule has 1 aromatic rings. The molecule has 1 saturated heterocycles. The van der Waals surface area contributed by atoms with Crippen molar-refractivity contribution in [2.75, 3.05) is 6.61 Å². The van der Waals surface area contributed by atoms with Gasteiger partial charge < -0.3 is 9.47 Å². The van der Waals surface area contributed by atoms with Gasteiger partial charge in [0.25, 0.3) is 0 Å². The highest BCUT2D eigenvalue weighted by Crippen LogP contribution is 2.38. The van der Waals surface area contributed by atoms with Gasteiger partial charge in [-0.25, -0.2) is 9.78 Å². The molecule has 1 atom stereocenters. The molecule has 0 aromatic carbocycles. The van der Waals surface area contributed by atoms with E-state index in [2.05, 4.69) is 4.98 Å². The number of rotatable bonds is 2. The average molecular weight is 312 g/mol. The van der Waals surface area contributed by atoms with Crippen LogP contribution in [-0.2, 0) is 9.47 Å². The van der Waals surface area contributed by atoms with Crippen LogP contribution in [0.3, 0.4) is 0 Å². The predicted octanol–water partition coefficient (Wildman–Crippen LogP) is 3.00. The number of aromatic nitrogens is 1. The number of thiazole rings is 1. The molecular formula is C14H20N2O4S. The van der Waals surface area contributed by atoms with Crippen LogP contribution in [0.15, 0.2) is 5.38 Å². The maximum atomic E-state index is 12.5. The minimum atomic E-state index is -0.778. The fourth-order valence-electron chi connectivity index (χ4n) is 2.15. The summed E-state index contributed by atoms with van der Waals surface area (Å²) in [4.78, 5) is 29.0. The van der Waals surface area contributed by atoms with E-state index in [0.717, 1.165) is 0 Å². The Morgan fingerprint density at radius 1 is 1.57 bits per heavy atom. The number of amides is 1. The molecule has 0 spiro atoms. The van der Waals surface area contributed by atoms with Crippen molar-refractivity contribution in [1.29, 1.82) is 0 Å². The lowest BCUT2D eigenvalue weighted by atomic mass is 10.2. The van der Waals surface area contributed by atoms with Gasteiger partial charge in [-0.1, -0.05) is 0 Å². The van der Waals surface area contributed by atoms with Crippen molar-refractivity contribution in [1.82, 2.24) is 9.88 Å². The number of hydrogen-bond donors (Lipinski definition) is 0. The minimum Gasteiger partial charge on any atom is -0.444 e. The number of nitrogens with zero attached hydrogens (tertiary/aromatic N) is 2. The van der Waals surface area contributed by atoms with E-state index in [4.69, 9.17) is 9.47 Å². The van der Waals surface area contributed by atoms with E-state index in [1.54, 1.807) is 10.3 Å². The van der Waals surface area contributed by atoms with Crippen molar-refractivity contribution < 1.29 is 19.1 Å². The van der Waals surface area contributed by atoms with Crippen molar-refractivity contribution >= 4 is 23.7 Å². The zero-order chi connectivity index (χ0) is 15.8. The van der Waals surface area contributed by atoms with Crippen LogP contribution in [0.25, 0.3) is 0 Å². The van der Waals surface area contributed by atoms with Crippen LogP contribution < -0.4 is 0 Å². The largest absolute Gasteiger partial charge is 0.444 e. The van der Waals surface area contributed by atoms with Crippen LogP contribution in [0.2, 0.25) is 0 Å². The van der Waals surface area contributed by atoms with Crippen LogP contribution in [0.5, 0.6) is 0 Å². The molecule has 1 aliphatic rings. The summed E-state index contributed by atoms with van der Waals surface area (Å²) in [5, 5.41) is 2.34. The van der Waals surface area contributed by atoms with Gasteiger partial charge in [0.15, 0.2) is 6.29 Å². The van der Waals surface area contributed by atoms with Gasteiger partial charge in [0.2, 0.25) is 0 Å². The Morgan fingerprint density at radius 3 is 2.76 bits per heavy atom. The third kappa shape index (κ3) is 3.41. The standard InChI is InChI=1S/C14H20N2O4S/c1-13(2,3)20-12(18)16-10(7-19-14(16,4)5)11-15-9(6-17)8-21-11/h6,8,10H,7H2,1-5H3/t10-/m0/s1. The highest BCUT2D eigenvalue weighted by molar-refractivity contribution is 7.09. The third-order valence-corrected chi connectivity index (χ3v) is 3.99. The molecule has 0 unspecified atom stereocenters. The third-order valence-electron chi connectivity index (χ3n) is 3.02. The number of aldehydes is 1. The van der Waals surface area contributed by atoms with Crippen LogP contribution in [0.4, 0.5) is 4.79 Å². The second-order valence-corrected chi connectivity index (χ2v) is 7.24. The van der Waals surface area contributed by atoms with Crippen LogP contribution in [0.1, 0.15) is 56.2 Å². The van der Waals surface area contributed by atoms with E-state index < -0.39 is 17.4 Å². The average Bonchev–Trinajstić information content (AvgIpc) is 2.90. The topological polar surface area (TPSA) is 68.7 Å². The summed E-state index contributed by atoms with van der Waals surface area (Å²) in [5.74, 6) is 0. The monoisotopic (exact) mass is 312 g/mol. The van der Waals surface area contributed by atoms with E-state index in [9.17, 15) is 9.59 Å². The van der Waals surface area contributed by atoms with Gasteiger partial charge in [0, 0.05) is 5.38 Å². The lowest BCUT2D eigenvalue weighted by Gasteiger charge is -2.34. The highest BCUT2D eigenvalue weighted by Gasteiger charge is 2.47. The summed E-state index contributed by atoms with van der Waals surface area (Å²) < 4.78 is 11.2. The van der Waals surface area contributed by atoms with Crippen molar-refractivity contribution in [2.45, 2.75) is 52.0 Å². The highest BCUT2D eigenvalue weighted by atomic mass is 32.1. The number of hydrogen-bond acceptors (Lipinski definition) is 6. The Morgan fingerprint density at radius 2 is 2.24 bits per heavy atom. The molecule has 0 saturated carbocycles. The second-order valence-electron chi connectivity index (χ2n) is 6.35. The van der Waals surface area contributed by atoms with Crippen molar-refractivity contribution in [3.63, 3.8) is 0 Å². The maximum Gasteiger partial charge on any atom is 0.413 e. The molecule has 0 N–H and O–H groups in total. The first-order valence-electron chi connectivity index (χ1n) is 6.71. The smallest absolute Gasteiger partial charge is 0.413 e. The number of carbonyl (C=O) groups is 2. The first-order chi connectivity index (χ1) is 9.64. The van der Waals surface area contributed by atoms with Gasteiger partial charge in [0.05, 0.1) is 6.61 Å². The molecule has 21 heavy (non-hydrogen) atoms. The molecule has 2 heterocycles. The number of carbonyl (C=O) groups excluding carboxylic acids is 2. The van der Waals surface area contributed by atoms with Gasteiger partial charge in [-0.15, -0.1) is 11.3 Å². The molecule has 116 valence electrons. The first-order valence-corrected chi connectivity index (χ1v) is 7.59. The Labute approximate surface area is 128 Å². The lowest BCUT2D eigenvalue weighted by Crippen LogP contribution is -2.47. The van der Waals surface area contributed by atoms with Gasteiger partial charge >= 0.3 is 6.09 Å². The Balaban J connectivity index is 2.28. The van der Waals surface area contributed by atoms with Gasteiger partial charge in [-0.3, -0.25) is 9.69 Å². The molecule has 2 rings (SSSR count). The SMILES string of the molecule is CC(C)(C)OC(=O)N1[C@H](c2nc(C=O)cs2)COC1(C)C. The summed E-state index contributed by atoms with van der Waals surface area (Å²) in [6.45, 7) is 9.40. The van der Waals surface area contributed by atoms with E-state index in [1.165, 1.54) is 11.3 Å². The normalized spacial score (nSPS) is 21.4. The fourth-order valence-corrected chi connectivity index (χ4v) is 2.99. The first kappa shape index (κ1) is 15.9. The van der Waals surface area contributed by atoms with Gasteiger partial charge in [0.1, 0.15) is 28.1 Å². The Bertz CT molecular complexity index is 547. The molecule has 0 radical (unpaired) electrons. The van der Waals surface area contributed by atoms with E-state index in [-0.39, 0.29) is 6.04 Å². The van der Waals surface area contributed by atoms with Crippen LogP contribution >= 0.6 is 11.3 Å². The van der Waals surface area contributed by atoms with E-state index in [0.29, 0.717) is 23.6 Å². The summed E-state index contributed by atoms with van der Waals surface area (Å²) in [7, 11) is 0. The molecule has 1 aliphatic heterocycles. The van der Waals surface area contributed by atoms with Gasteiger partial charge in [-0.2, -0.15) is 0 Å². The zero-order valence-electron chi connectivity index (χ0n) is 12.9. The van der Waals surface area contributed by atoms with Crippen molar-refractivity contribution in [3.05, 3.63) is 16.1 Å². The van der Waals surface area contributed by atoms with E-state index in [1.807, 2.05) is 34.6 Å². The Hall–Kier alpha value is -1.47. The van der Waals surface area contributed by atoms with Crippen molar-refractivity contribution in [2.24, 2.45) is 0 Å². The molecule has 6 nitrogen and oxygen atoms in total. The molecule has 0 bridgehead atoms. The van der Waals surface area contributed by atoms with Crippen LogP contribution in [0, 0.1) is 0 Å². The maximum absolute atomic E-state index is 12.5. The molecule has 7 heteroatoms. The molecule has 1 aromatic heterocycles. The zero-order valence-corrected chi connectivity index (χ0v) is 13.7. The van der Waals surface area contributed by atoms with E-state index >= 15 is 0 Å². The summed E-state index contributed by atoms with van der Waals surface area (Å²) in [6, 6.07) is -0.339. The molecular weight excluding hydrogens is 292 g/mol. The number of ether oxygens (including phenoxy) is 2. The fraction of sp³-hybridized carbons (Fsp3) is 0.643. The van der Waals surface area contributed by atoms with Crippen LogP contribution in [-0.4, -0.2) is 40.2 Å². The lowest BCUT2D eigenvalue weighted by molar-refractivity contribution is -0.0626. The van der Waals surface area contributed by atoms with Crippen molar-refractivity contribution in [3.8, 4) is 0 Å². The summed E-state index contributed by atoms with van der Waals surface area (Å²) in [6.07, 6.45) is 0.247. The molecule has 1 amide bonds. The molecule has 0 aliphatic carbocycles. The quantitative estimate of drug-likeness (QED) is 0.785. The Kier molecular flexibility index (Phi) is 4.08.